The van der Waals surface area contributed by atoms with E-state index < -0.39 is 0 Å². The summed E-state index contributed by atoms with van der Waals surface area (Å²) in [6.07, 6.45) is 0.506. The monoisotopic (exact) mass is 263 g/mol. The first-order valence-corrected chi connectivity index (χ1v) is 7.06. The van der Waals surface area contributed by atoms with Crippen molar-refractivity contribution >= 4 is 17.3 Å². The SMILES string of the molecule is CCNCCC(=O)Nc1ccc(N(CC)CC)cc1. The summed E-state index contributed by atoms with van der Waals surface area (Å²) in [7, 11) is 0. The van der Waals surface area contributed by atoms with E-state index in [4.69, 9.17) is 0 Å². The molecule has 1 aromatic carbocycles. The van der Waals surface area contributed by atoms with Gasteiger partial charge in [-0.2, -0.15) is 0 Å². The van der Waals surface area contributed by atoms with E-state index in [-0.39, 0.29) is 5.91 Å². The fourth-order valence-corrected chi connectivity index (χ4v) is 1.95. The molecule has 2 N–H and O–H groups in total. The Hall–Kier alpha value is -1.55. The van der Waals surface area contributed by atoms with Gasteiger partial charge in [0.15, 0.2) is 0 Å². The number of hydrogen-bond acceptors (Lipinski definition) is 3. The highest BCUT2D eigenvalue weighted by molar-refractivity contribution is 5.91. The Morgan fingerprint density at radius 2 is 1.74 bits per heavy atom. The molecule has 0 fully saturated rings. The van der Waals surface area contributed by atoms with Gasteiger partial charge >= 0.3 is 0 Å². The van der Waals surface area contributed by atoms with Crippen LogP contribution in [0.5, 0.6) is 0 Å². The van der Waals surface area contributed by atoms with Crippen LogP contribution >= 0.6 is 0 Å². The summed E-state index contributed by atoms with van der Waals surface area (Å²) < 4.78 is 0. The molecule has 0 spiro atoms. The van der Waals surface area contributed by atoms with Crippen LogP contribution in [0.1, 0.15) is 27.2 Å². The minimum absolute atomic E-state index is 0.0524. The van der Waals surface area contributed by atoms with Crippen LogP contribution in [0.15, 0.2) is 24.3 Å². The van der Waals surface area contributed by atoms with Gasteiger partial charge in [-0.05, 0) is 44.7 Å². The van der Waals surface area contributed by atoms with Crippen molar-refractivity contribution < 1.29 is 4.79 Å². The van der Waals surface area contributed by atoms with E-state index in [9.17, 15) is 4.79 Å². The number of benzene rings is 1. The Morgan fingerprint density at radius 3 is 2.26 bits per heavy atom. The summed E-state index contributed by atoms with van der Waals surface area (Å²) in [6, 6.07) is 8.01. The first-order chi connectivity index (χ1) is 9.21. The minimum atomic E-state index is 0.0524. The largest absolute Gasteiger partial charge is 0.372 e. The molecule has 0 heterocycles. The Balaban J connectivity index is 2.50. The van der Waals surface area contributed by atoms with Gasteiger partial charge in [0, 0.05) is 37.4 Å². The zero-order valence-electron chi connectivity index (χ0n) is 12.2. The lowest BCUT2D eigenvalue weighted by molar-refractivity contribution is -0.116. The second kappa shape index (κ2) is 8.53. The van der Waals surface area contributed by atoms with Crippen molar-refractivity contribution in [2.75, 3.05) is 36.4 Å². The Bertz CT molecular complexity index is 371. The third kappa shape index (κ3) is 5.30. The molecule has 0 aliphatic heterocycles. The van der Waals surface area contributed by atoms with E-state index in [1.807, 2.05) is 31.2 Å². The number of rotatable bonds is 8. The van der Waals surface area contributed by atoms with Crippen LogP contribution in [0, 0.1) is 0 Å². The second-order valence-electron chi connectivity index (χ2n) is 4.37. The Kier molecular flexibility index (Phi) is 6.97. The zero-order chi connectivity index (χ0) is 14.1. The molecular weight excluding hydrogens is 238 g/mol. The van der Waals surface area contributed by atoms with Crippen molar-refractivity contribution in [3.63, 3.8) is 0 Å². The van der Waals surface area contributed by atoms with Crippen LogP contribution in [0.3, 0.4) is 0 Å². The maximum Gasteiger partial charge on any atom is 0.225 e. The summed E-state index contributed by atoms with van der Waals surface area (Å²) in [4.78, 5) is 13.9. The molecular formula is C15H25N3O. The lowest BCUT2D eigenvalue weighted by atomic mass is 10.2. The van der Waals surface area contributed by atoms with Crippen molar-refractivity contribution in [3.8, 4) is 0 Å². The van der Waals surface area contributed by atoms with Crippen LogP contribution in [-0.4, -0.2) is 32.1 Å². The van der Waals surface area contributed by atoms with Gasteiger partial charge in [0.1, 0.15) is 0 Å². The minimum Gasteiger partial charge on any atom is -0.372 e. The highest BCUT2D eigenvalue weighted by Crippen LogP contribution is 2.17. The molecule has 0 bridgehead atoms. The predicted molar refractivity (Wildman–Crippen MR) is 81.8 cm³/mol. The molecule has 4 nitrogen and oxygen atoms in total. The van der Waals surface area contributed by atoms with Gasteiger partial charge < -0.3 is 15.5 Å². The number of anilines is 2. The predicted octanol–water partition coefficient (Wildman–Crippen LogP) is 2.47. The molecule has 0 aromatic heterocycles. The third-order valence-corrected chi connectivity index (χ3v) is 3.06. The highest BCUT2D eigenvalue weighted by atomic mass is 16.1. The molecule has 0 aliphatic rings. The summed E-state index contributed by atoms with van der Waals surface area (Å²) in [5, 5.41) is 6.04. The van der Waals surface area contributed by atoms with E-state index in [1.54, 1.807) is 0 Å². The highest BCUT2D eigenvalue weighted by Gasteiger charge is 2.04. The van der Waals surface area contributed by atoms with E-state index in [2.05, 4.69) is 29.4 Å². The quantitative estimate of drug-likeness (QED) is 0.708. The van der Waals surface area contributed by atoms with E-state index in [0.29, 0.717) is 6.42 Å². The van der Waals surface area contributed by atoms with Crippen molar-refractivity contribution in [2.24, 2.45) is 0 Å². The molecule has 1 aromatic rings. The van der Waals surface area contributed by atoms with Crippen molar-refractivity contribution in [1.82, 2.24) is 5.32 Å². The molecule has 0 saturated carbocycles. The first kappa shape index (κ1) is 15.5. The summed E-state index contributed by atoms with van der Waals surface area (Å²) >= 11 is 0. The maximum atomic E-state index is 11.7. The summed E-state index contributed by atoms with van der Waals surface area (Å²) in [5.41, 5.74) is 2.05. The summed E-state index contributed by atoms with van der Waals surface area (Å²) in [5.74, 6) is 0.0524. The molecule has 1 amide bonds. The number of carbonyl (C=O) groups is 1. The Labute approximate surface area is 116 Å². The van der Waals surface area contributed by atoms with Crippen molar-refractivity contribution in [2.45, 2.75) is 27.2 Å². The third-order valence-electron chi connectivity index (χ3n) is 3.06. The number of carbonyl (C=O) groups excluding carboxylic acids is 1. The van der Waals surface area contributed by atoms with Crippen LogP contribution in [0.25, 0.3) is 0 Å². The van der Waals surface area contributed by atoms with E-state index >= 15 is 0 Å². The van der Waals surface area contributed by atoms with E-state index in [0.717, 1.165) is 31.9 Å². The molecule has 0 radical (unpaired) electrons. The lowest BCUT2D eigenvalue weighted by Crippen LogP contribution is -2.22. The van der Waals surface area contributed by atoms with Crippen molar-refractivity contribution in [1.29, 1.82) is 0 Å². The van der Waals surface area contributed by atoms with Crippen LogP contribution < -0.4 is 15.5 Å². The summed E-state index contributed by atoms with van der Waals surface area (Å²) in [6.45, 7) is 9.91. The van der Waals surface area contributed by atoms with Crippen LogP contribution in [0.4, 0.5) is 11.4 Å². The van der Waals surface area contributed by atoms with Crippen LogP contribution in [0.2, 0.25) is 0 Å². The van der Waals surface area contributed by atoms with Gasteiger partial charge in [0.25, 0.3) is 0 Å². The fraction of sp³-hybridized carbons (Fsp3) is 0.533. The maximum absolute atomic E-state index is 11.7. The number of amides is 1. The zero-order valence-corrected chi connectivity index (χ0v) is 12.2. The number of nitrogens with one attached hydrogen (secondary N) is 2. The standard InChI is InChI=1S/C15H25N3O/c1-4-16-12-11-15(19)17-13-7-9-14(10-8-13)18(5-2)6-3/h7-10,16H,4-6,11-12H2,1-3H3,(H,17,19). The first-order valence-electron chi connectivity index (χ1n) is 7.06. The molecule has 0 aliphatic carbocycles. The average Bonchev–Trinajstić information content (AvgIpc) is 2.42. The molecule has 0 atom stereocenters. The molecule has 0 unspecified atom stereocenters. The molecule has 4 heteroatoms. The smallest absolute Gasteiger partial charge is 0.225 e. The van der Waals surface area contributed by atoms with Gasteiger partial charge in [0.05, 0.1) is 0 Å². The number of hydrogen-bond donors (Lipinski definition) is 2. The average molecular weight is 263 g/mol. The second-order valence-corrected chi connectivity index (χ2v) is 4.37. The molecule has 0 saturated heterocycles. The molecule has 1 rings (SSSR count). The van der Waals surface area contributed by atoms with Gasteiger partial charge in [-0.25, -0.2) is 0 Å². The normalized spacial score (nSPS) is 10.3. The topological polar surface area (TPSA) is 44.4 Å². The van der Waals surface area contributed by atoms with Gasteiger partial charge in [-0.15, -0.1) is 0 Å². The lowest BCUT2D eigenvalue weighted by Gasteiger charge is -2.21. The number of nitrogens with zero attached hydrogens (tertiary/aromatic N) is 1. The molecule has 106 valence electrons. The van der Waals surface area contributed by atoms with Gasteiger partial charge in [-0.3, -0.25) is 4.79 Å². The van der Waals surface area contributed by atoms with Crippen LogP contribution in [-0.2, 0) is 4.79 Å². The van der Waals surface area contributed by atoms with Gasteiger partial charge in [-0.1, -0.05) is 6.92 Å². The molecule has 19 heavy (non-hydrogen) atoms. The fourth-order valence-electron chi connectivity index (χ4n) is 1.95. The van der Waals surface area contributed by atoms with Gasteiger partial charge in [0.2, 0.25) is 5.91 Å². The Morgan fingerprint density at radius 1 is 1.11 bits per heavy atom. The van der Waals surface area contributed by atoms with E-state index in [1.165, 1.54) is 5.69 Å². The van der Waals surface area contributed by atoms with Crippen molar-refractivity contribution in [3.05, 3.63) is 24.3 Å².